The van der Waals surface area contributed by atoms with E-state index >= 15 is 0 Å². The Bertz CT molecular complexity index is 411. The smallest absolute Gasteiger partial charge is 0.227 e. The van der Waals surface area contributed by atoms with Crippen molar-refractivity contribution in [3.63, 3.8) is 0 Å². The summed E-state index contributed by atoms with van der Waals surface area (Å²) in [6.07, 6.45) is 1.51. The van der Waals surface area contributed by atoms with Crippen molar-refractivity contribution in [2.24, 2.45) is 11.7 Å². The predicted molar refractivity (Wildman–Crippen MR) is 72.6 cm³/mol. The van der Waals surface area contributed by atoms with Gasteiger partial charge >= 0.3 is 0 Å². The SMILES string of the molecule is Cc1cc(N)nc(N2CCC(C(N)=O)CC2)n1.Cl. The fourth-order valence-electron chi connectivity index (χ4n) is 2.08. The molecule has 100 valence electrons. The van der Waals surface area contributed by atoms with Gasteiger partial charge in [0.15, 0.2) is 0 Å². The van der Waals surface area contributed by atoms with Gasteiger partial charge in [-0.2, -0.15) is 4.98 Å². The lowest BCUT2D eigenvalue weighted by Gasteiger charge is -2.30. The lowest BCUT2D eigenvalue weighted by atomic mass is 9.96. The molecule has 1 saturated heterocycles. The van der Waals surface area contributed by atoms with Crippen LogP contribution in [-0.4, -0.2) is 29.0 Å². The number of hydrogen-bond donors (Lipinski definition) is 2. The van der Waals surface area contributed by atoms with Crippen LogP contribution in [0.15, 0.2) is 6.07 Å². The molecule has 0 atom stereocenters. The zero-order valence-corrected chi connectivity index (χ0v) is 11.1. The van der Waals surface area contributed by atoms with E-state index in [1.54, 1.807) is 6.07 Å². The third-order valence-electron chi connectivity index (χ3n) is 3.04. The highest BCUT2D eigenvalue weighted by Crippen LogP contribution is 2.21. The van der Waals surface area contributed by atoms with E-state index in [9.17, 15) is 4.79 Å². The van der Waals surface area contributed by atoms with Gasteiger partial charge in [0.05, 0.1) is 0 Å². The number of aryl methyl sites for hydroxylation is 1. The molecule has 1 aliphatic heterocycles. The van der Waals surface area contributed by atoms with Crippen LogP contribution in [0.2, 0.25) is 0 Å². The number of aromatic nitrogens is 2. The first-order valence-corrected chi connectivity index (χ1v) is 5.71. The Morgan fingerprint density at radius 3 is 2.50 bits per heavy atom. The highest BCUT2D eigenvalue weighted by atomic mass is 35.5. The minimum absolute atomic E-state index is 0. The molecular formula is C11H18ClN5O. The number of halogens is 1. The van der Waals surface area contributed by atoms with Gasteiger partial charge in [-0.1, -0.05) is 0 Å². The molecule has 0 unspecified atom stereocenters. The fraction of sp³-hybridized carbons (Fsp3) is 0.545. The van der Waals surface area contributed by atoms with Crippen molar-refractivity contribution >= 4 is 30.1 Å². The molecular weight excluding hydrogens is 254 g/mol. The van der Waals surface area contributed by atoms with E-state index in [0.717, 1.165) is 31.6 Å². The van der Waals surface area contributed by atoms with Gasteiger partial charge in [0, 0.05) is 30.8 Å². The van der Waals surface area contributed by atoms with Crippen molar-refractivity contribution in [2.45, 2.75) is 19.8 Å². The van der Waals surface area contributed by atoms with Gasteiger partial charge in [-0.15, -0.1) is 12.4 Å². The number of hydrogen-bond acceptors (Lipinski definition) is 5. The summed E-state index contributed by atoms with van der Waals surface area (Å²) in [5, 5.41) is 0. The molecule has 18 heavy (non-hydrogen) atoms. The van der Waals surface area contributed by atoms with E-state index in [-0.39, 0.29) is 24.2 Å². The Balaban J connectivity index is 0.00000162. The Hall–Kier alpha value is -1.56. The number of carbonyl (C=O) groups excluding carboxylic acids is 1. The summed E-state index contributed by atoms with van der Waals surface area (Å²) in [7, 11) is 0. The van der Waals surface area contributed by atoms with Crippen molar-refractivity contribution in [2.75, 3.05) is 23.7 Å². The maximum Gasteiger partial charge on any atom is 0.227 e. The summed E-state index contributed by atoms with van der Waals surface area (Å²) >= 11 is 0. The fourth-order valence-corrected chi connectivity index (χ4v) is 2.08. The number of amides is 1. The Labute approximate surface area is 112 Å². The van der Waals surface area contributed by atoms with Gasteiger partial charge < -0.3 is 16.4 Å². The second-order valence-corrected chi connectivity index (χ2v) is 4.40. The minimum Gasteiger partial charge on any atom is -0.384 e. The van der Waals surface area contributed by atoms with Crippen molar-refractivity contribution in [1.29, 1.82) is 0 Å². The van der Waals surface area contributed by atoms with E-state index in [1.807, 2.05) is 11.8 Å². The quantitative estimate of drug-likeness (QED) is 0.816. The van der Waals surface area contributed by atoms with E-state index in [4.69, 9.17) is 11.5 Å². The molecule has 0 aliphatic carbocycles. The van der Waals surface area contributed by atoms with Crippen molar-refractivity contribution in [3.05, 3.63) is 11.8 Å². The van der Waals surface area contributed by atoms with Gasteiger partial charge in [0.1, 0.15) is 5.82 Å². The summed E-state index contributed by atoms with van der Waals surface area (Å²) in [5.41, 5.74) is 11.8. The van der Waals surface area contributed by atoms with Crippen LogP contribution in [0.5, 0.6) is 0 Å². The maximum absolute atomic E-state index is 11.1. The molecule has 2 heterocycles. The zero-order valence-electron chi connectivity index (χ0n) is 10.3. The molecule has 1 aliphatic rings. The lowest BCUT2D eigenvalue weighted by molar-refractivity contribution is -0.122. The van der Waals surface area contributed by atoms with Gasteiger partial charge in [-0.25, -0.2) is 4.98 Å². The van der Waals surface area contributed by atoms with E-state index < -0.39 is 0 Å². The van der Waals surface area contributed by atoms with Crippen LogP contribution >= 0.6 is 12.4 Å². The highest BCUT2D eigenvalue weighted by Gasteiger charge is 2.24. The molecule has 1 aromatic rings. The van der Waals surface area contributed by atoms with Crippen LogP contribution < -0.4 is 16.4 Å². The second-order valence-electron chi connectivity index (χ2n) is 4.40. The third-order valence-corrected chi connectivity index (χ3v) is 3.04. The summed E-state index contributed by atoms with van der Waals surface area (Å²) in [6.45, 7) is 3.38. The largest absolute Gasteiger partial charge is 0.384 e. The number of anilines is 2. The first-order chi connectivity index (χ1) is 8.06. The number of nitrogens with zero attached hydrogens (tertiary/aromatic N) is 3. The second kappa shape index (κ2) is 5.86. The average molecular weight is 272 g/mol. The Morgan fingerprint density at radius 2 is 2.00 bits per heavy atom. The Morgan fingerprint density at radius 1 is 1.39 bits per heavy atom. The highest BCUT2D eigenvalue weighted by molar-refractivity contribution is 5.85. The van der Waals surface area contributed by atoms with E-state index in [1.165, 1.54) is 0 Å². The van der Waals surface area contributed by atoms with Gasteiger partial charge in [0.25, 0.3) is 0 Å². The predicted octanol–water partition coefficient (Wildman–Crippen LogP) is 0.491. The number of carbonyl (C=O) groups is 1. The third kappa shape index (κ3) is 3.22. The number of primary amides is 1. The van der Waals surface area contributed by atoms with Crippen molar-refractivity contribution in [1.82, 2.24) is 9.97 Å². The molecule has 1 aromatic heterocycles. The molecule has 0 saturated carbocycles. The van der Waals surface area contributed by atoms with Crippen LogP contribution in [0.1, 0.15) is 18.5 Å². The van der Waals surface area contributed by atoms with Crippen molar-refractivity contribution < 1.29 is 4.79 Å². The molecule has 4 N–H and O–H groups in total. The van der Waals surface area contributed by atoms with Crippen LogP contribution in [-0.2, 0) is 4.79 Å². The van der Waals surface area contributed by atoms with E-state index in [0.29, 0.717) is 11.8 Å². The normalized spacial score (nSPS) is 16.2. The van der Waals surface area contributed by atoms with Crippen LogP contribution in [0.25, 0.3) is 0 Å². The molecule has 1 amide bonds. The summed E-state index contributed by atoms with van der Waals surface area (Å²) < 4.78 is 0. The topological polar surface area (TPSA) is 98.1 Å². The molecule has 0 aromatic carbocycles. The monoisotopic (exact) mass is 271 g/mol. The first kappa shape index (κ1) is 14.5. The zero-order chi connectivity index (χ0) is 12.4. The Kier molecular flexibility index (Phi) is 4.72. The molecule has 7 heteroatoms. The standard InChI is InChI=1S/C11H17N5O.ClH/c1-7-6-9(12)15-11(14-7)16-4-2-8(3-5-16)10(13)17;/h6,8H,2-5H2,1H3,(H2,13,17)(H2,12,14,15);1H. The average Bonchev–Trinajstić information content (AvgIpc) is 2.28. The number of nitrogens with two attached hydrogens (primary N) is 2. The van der Waals surface area contributed by atoms with Gasteiger partial charge in [0.2, 0.25) is 11.9 Å². The van der Waals surface area contributed by atoms with Crippen LogP contribution in [0.4, 0.5) is 11.8 Å². The maximum atomic E-state index is 11.1. The number of rotatable bonds is 2. The molecule has 1 fully saturated rings. The molecule has 6 nitrogen and oxygen atoms in total. The lowest BCUT2D eigenvalue weighted by Crippen LogP contribution is -2.39. The van der Waals surface area contributed by atoms with Crippen LogP contribution in [0, 0.1) is 12.8 Å². The van der Waals surface area contributed by atoms with Gasteiger partial charge in [-0.3, -0.25) is 4.79 Å². The number of piperidine rings is 1. The molecule has 2 rings (SSSR count). The summed E-state index contributed by atoms with van der Waals surface area (Å²) in [4.78, 5) is 21.7. The number of nitrogen functional groups attached to an aromatic ring is 1. The van der Waals surface area contributed by atoms with Crippen LogP contribution in [0.3, 0.4) is 0 Å². The first-order valence-electron chi connectivity index (χ1n) is 5.71. The van der Waals surface area contributed by atoms with Crippen molar-refractivity contribution in [3.8, 4) is 0 Å². The van der Waals surface area contributed by atoms with E-state index in [2.05, 4.69) is 9.97 Å². The molecule has 0 spiro atoms. The summed E-state index contributed by atoms with van der Waals surface area (Å²) in [5.74, 6) is 0.887. The molecule has 0 radical (unpaired) electrons. The minimum atomic E-state index is -0.214. The molecule has 0 bridgehead atoms. The van der Waals surface area contributed by atoms with Gasteiger partial charge in [-0.05, 0) is 19.8 Å². The summed E-state index contributed by atoms with van der Waals surface area (Å²) in [6, 6.07) is 1.74.